The molecule has 0 aromatic heterocycles. The highest BCUT2D eigenvalue weighted by atomic mass is 16.3. The molecule has 7 nitrogen and oxygen atoms in total. The molecule has 0 aromatic rings. The summed E-state index contributed by atoms with van der Waals surface area (Å²) in [6.45, 7) is 4.01. The van der Waals surface area contributed by atoms with Crippen molar-refractivity contribution in [1.82, 2.24) is 5.32 Å². The number of unbranched alkanes of at least 4 members (excludes halogenated alkanes) is 29. The lowest BCUT2D eigenvalue weighted by atomic mass is 9.98. The van der Waals surface area contributed by atoms with Gasteiger partial charge in [-0.3, -0.25) is 4.79 Å². The Hall–Kier alpha value is -0.990. The molecule has 7 heteroatoms. The van der Waals surface area contributed by atoms with E-state index in [1.165, 1.54) is 173 Å². The van der Waals surface area contributed by atoms with Gasteiger partial charge in [0.1, 0.15) is 6.10 Å². The summed E-state index contributed by atoms with van der Waals surface area (Å²) >= 11 is 0. The highest BCUT2D eigenvalue weighted by molar-refractivity contribution is 5.80. The Morgan fingerprint density at radius 2 is 0.811 bits per heavy atom. The number of aliphatic hydroxyl groups excluding tert-OH is 5. The van der Waals surface area contributed by atoms with Crippen molar-refractivity contribution in [2.45, 2.75) is 269 Å². The zero-order valence-corrected chi connectivity index (χ0v) is 35.1. The summed E-state index contributed by atoms with van der Waals surface area (Å²) in [4.78, 5) is 12.5. The van der Waals surface area contributed by atoms with Crippen molar-refractivity contribution in [2.24, 2.45) is 0 Å². The zero-order valence-electron chi connectivity index (χ0n) is 35.1. The van der Waals surface area contributed by atoms with Crippen molar-refractivity contribution in [2.75, 3.05) is 6.61 Å². The molecule has 0 spiro atoms. The molecule has 0 radical (unpaired) electrons. The van der Waals surface area contributed by atoms with Gasteiger partial charge in [-0.05, 0) is 32.1 Å². The number of aliphatic hydroxyl groups is 5. The average molecular weight is 754 g/mol. The molecule has 0 rings (SSSR count). The smallest absolute Gasteiger partial charge is 0.249 e. The molecule has 5 atom stereocenters. The SMILES string of the molecule is CCCCCCCCCCCCCCCCCC/C=C/CCC(O)C(O)CC(O)C(CO)NC(=O)C(O)CCCCCCCCCCCCCCCC. The number of carbonyl (C=O) groups excluding carboxylic acids is 1. The Bertz CT molecular complexity index is 779. The van der Waals surface area contributed by atoms with Crippen molar-refractivity contribution in [3.63, 3.8) is 0 Å². The van der Waals surface area contributed by atoms with Gasteiger partial charge in [0.05, 0.1) is 31.0 Å². The van der Waals surface area contributed by atoms with Crippen LogP contribution in [0.4, 0.5) is 0 Å². The van der Waals surface area contributed by atoms with Crippen molar-refractivity contribution in [1.29, 1.82) is 0 Å². The second kappa shape index (κ2) is 40.7. The molecule has 5 unspecified atom stereocenters. The largest absolute Gasteiger partial charge is 0.394 e. The van der Waals surface area contributed by atoms with Crippen LogP contribution in [0.5, 0.6) is 0 Å². The van der Waals surface area contributed by atoms with E-state index in [4.69, 9.17) is 0 Å². The molecule has 6 N–H and O–H groups in total. The van der Waals surface area contributed by atoms with Crippen LogP contribution in [0.1, 0.15) is 239 Å². The fourth-order valence-electron chi connectivity index (χ4n) is 7.28. The van der Waals surface area contributed by atoms with Gasteiger partial charge in [-0.25, -0.2) is 0 Å². The van der Waals surface area contributed by atoms with E-state index in [1.54, 1.807) is 0 Å². The number of carbonyl (C=O) groups is 1. The van der Waals surface area contributed by atoms with Crippen LogP contribution in [0.15, 0.2) is 12.2 Å². The second-order valence-corrected chi connectivity index (χ2v) is 16.3. The Morgan fingerprint density at radius 1 is 0.453 bits per heavy atom. The topological polar surface area (TPSA) is 130 Å². The first-order valence-corrected chi connectivity index (χ1v) is 23.2. The van der Waals surface area contributed by atoms with Gasteiger partial charge in [0.15, 0.2) is 0 Å². The number of amides is 1. The number of rotatable bonds is 42. The van der Waals surface area contributed by atoms with Crippen LogP contribution in [0.2, 0.25) is 0 Å². The maximum Gasteiger partial charge on any atom is 0.249 e. The van der Waals surface area contributed by atoms with Gasteiger partial charge < -0.3 is 30.8 Å². The van der Waals surface area contributed by atoms with E-state index in [0.29, 0.717) is 19.3 Å². The van der Waals surface area contributed by atoms with Crippen LogP contribution in [-0.2, 0) is 4.79 Å². The van der Waals surface area contributed by atoms with E-state index in [0.717, 1.165) is 25.7 Å². The van der Waals surface area contributed by atoms with Gasteiger partial charge >= 0.3 is 0 Å². The van der Waals surface area contributed by atoms with E-state index >= 15 is 0 Å². The van der Waals surface area contributed by atoms with Crippen LogP contribution < -0.4 is 5.32 Å². The summed E-state index contributed by atoms with van der Waals surface area (Å²) < 4.78 is 0. The molecule has 53 heavy (non-hydrogen) atoms. The predicted molar refractivity (Wildman–Crippen MR) is 225 cm³/mol. The highest BCUT2D eigenvalue weighted by Gasteiger charge is 2.28. The summed E-state index contributed by atoms with van der Waals surface area (Å²) in [5, 5.41) is 54.0. The first-order chi connectivity index (χ1) is 25.9. The van der Waals surface area contributed by atoms with Crippen molar-refractivity contribution in [3.05, 3.63) is 12.2 Å². The van der Waals surface area contributed by atoms with Gasteiger partial charge in [0, 0.05) is 6.42 Å². The monoisotopic (exact) mass is 754 g/mol. The Kier molecular flexibility index (Phi) is 39.9. The minimum atomic E-state index is -1.24. The maximum absolute atomic E-state index is 12.5. The molecule has 0 fully saturated rings. The number of nitrogens with one attached hydrogen (secondary N) is 1. The molecular formula is C46H91NO6. The number of hydrogen-bond acceptors (Lipinski definition) is 6. The second-order valence-electron chi connectivity index (χ2n) is 16.3. The third-order valence-electron chi connectivity index (χ3n) is 11.1. The van der Waals surface area contributed by atoms with Crippen LogP contribution in [0.3, 0.4) is 0 Å². The average Bonchev–Trinajstić information content (AvgIpc) is 3.15. The molecule has 0 aromatic carbocycles. The summed E-state index contributed by atoms with van der Waals surface area (Å²) in [5.74, 6) is -0.623. The lowest BCUT2D eigenvalue weighted by Crippen LogP contribution is -2.50. The normalized spacial score (nSPS) is 14.8. The molecule has 0 heterocycles. The third kappa shape index (κ3) is 35.2. The van der Waals surface area contributed by atoms with Gasteiger partial charge in [0.25, 0.3) is 0 Å². The zero-order chi connectivity index (χ0) is 39.0. The van der Waals surface area contributed by atoms with Crippen LogP contribution in [0, 0.1) is 0 Å². The highest BCUT2D eigenvalue weighted by Crippen LogP contribution is 2.17. The minimum absolute atomic E-state index is 0.176. The van der Waals surface area contributed by atoms with E-state index in [-0.39, 0.29) is 6.42 Å². The molecule has 0 saturated carbocycles. The molecule has 0 aliphatic carbocycles. The van der Waals surface area contributed by atoms with E-state index in [2.05, 4.69) is 25.2 Å². The summed E-state index contributed by atoms with van der Waals surface area (Å²) in [5.41, 5.74) is 0. The third-order valence-corrected chi connectivity index (χ3v) is 11.1. The molecular weight excluding hydrogens is 663 g/mol. The lowest BCUT2D eigenvalue weighted by molar-refractivity contribution is -0.132. The van der Waals surface area contributed by atoms with Gasteiger partial charge in [-0.1, -0.05) is 212 Å². The van der Waals surface area contributed by atoms with Crippen molar-refractivity contribution in [3.8, 4) is 0 Å². The van der Waals surface area contributed by atoms with Crippen LogP contribution in [0.25, 0.3) is 0 Å². The predicted octanol–water partition coefficient (Wildman–Crippen LogP) is 11.2. The summed E-state index contributed by atoms with van der Waals surface area (Å²) in [6.07, 6.45) is 40.9. The van der Waals surface area contributed by atoms with Crippen molar-refractivity contribution >= 4 is 5.91 Å². The summed E-state index contributed by atoms with van der Waals surface area (Å²) in [7, 11) is 0. The first-order valence-electron chi connectivity index (χ1n) is 23.2. The Morgan fingerprint density at radius 3 is 1.21 bits per heavy atom. The minimum Gasteiger partial charge on any atom is -0.394 e. The maximum atomic E-state index is 12.5. The fraction of sp³-hybridized carbons (Fsp3) is 0.935. The van der Waals surface area contributed by atoms with Crippen molar-refractivity contribution < 1.29 is 30.3 Å². The van der Waals surface area contributed by atoms with Gasteiger partial charge in [-0.15, -0.1) is 0 Å². The van der Waals surface area contributed by atoms with E-state index in [9.17, 15) is 30.3 Å². The lowest BCUT2D eigenvalue weighted by Gasteiger charge is -2.27. The Balaban J connectivity index is 3.82. The van der Waals surface area contributed by atoms with E-state index < -0.39 is 43.0 Å². The molecule has 0 saturated heterocycles. The molecule has 0 bridgehead atoms. The number of hydrogen-bond donors (Lipinski definition) is 6. The first kappa shape index (κ1) is 52.0. The number of allylic oxidation sites excluding steroid dienone is 2. The molecule has 0 aliphatic rings. The molecule has 316 valence electrons. The fourth-order valence-corrected chi connectivity index (χ4v) is 7.28. The van der Waals surface area contributed by atoms with Crippen LogP contribution >= 0.6 is 0 Å². The van der Waals surface area contributed by atoms with Crippen LogP contribution in [-0.4, -0.2) is 68.5 Å². The van der Waals surface area contributed by atoms with E-state index in [1.807, 2.05) is 6.08 Å². The standard InChI is InChI=1S/C46H91NO6/c1-3-5-7-9-11-13-15-17-19-20-21-22-23-24-26-27-29-31-33-35-37-42(49)45(52)39-44(51)41(40-48)47-46(53)43(50)38-36-34-32-30-28-25-18-16-14-12-10-8-6-4-2/h31,33,41-45,48-52H,3-30,32,34-40H2,1-2H3,(H,47,53)/b33-31+. The molecule has 0 aliphatic heterocycles. The quantitative estimate of drug-likeness (QED) is 0.0272. The molecule has 1 amide bonds. The van der Waals surface area contributed by atoms with Gasteiger partial charge in [0.2, 0.25) is 5.91 Å². The Labute approximate surface area is 328 Å². The van der Waals surface area contributed by atoms with Gasteiger partial charge in [-0.2, -0.15) is 0 Å². The summed E-state index contributed by atoms with van der Waals surface area (Å²) in [6, 6.07) is -1.02.